The summed E-state index contributed by atoms with van der Waals surface area (Å²) in [6, 6.07) is 7.63. The van der Waals surface area contributed by atoms with Gasteiger partial charge in [0, 0.05) is 24.3 Å². The largest absolute Gasteiger partial charge is 0.453 e. The van der Waals surface area contributed by atoms with Gasteiger partial charge >= 0.3 is 6.18 Å². The number of aryl methyl sites for hydroxylation is 1. The van der Waals surface area contributed by atoms with Crippen LogP contribution in [0.2, 0.25) is 0 Å². The van der Waals surface area contributed by atoms with Crippen molar-refractivity contribution in [3.8, 4) is 11.5 Å². The van der Waals surface area contributed by atoms with Crippen molar-refractivity contribution in [1.82, 2.24) is 9.97 Å². The third-order valence-electron chi connectivity index (χ3n) is 3.47. The number of ether oxygens (including phenoxy) is 1. The molecule has 0 atom stereocenters. The molecule has 2 aromatic heterocycles. The number of fused-ring (bicyclic) bond motifs is 1. The molecule has 0 saturated heterocycles. The van der Waals surface area contributed by atoms with Crippen molar-refractivity contribution >= 4 is 16.6 Å². The van der Waals surface area contributed by atoms with Gasteiger partial charge < -0.3 is 10.1 Å². The van der Waals surface area contributed by atoms with Crippen molar-refractivity contribution < 1.29 is 17.9 Å². The number of benzene rings is 1. The lowest BCUT2D eigenvalue weighted by Crippen LogP contribution is -2.07. The zero-order valence-electron chi connectivity index (χ0n) is 13.0. The minimum Gasteiger partial charge on any atom is -0.453 e. The molecule has 1 aromatic carbocycles. The van der Waals surface area contributed by atoms with E-state index in [1.54, 1.807) is 19.3 Å². The van der Waals surface area contributed by atoms with Gasteiger partial charge in [0.2, 0.25) is 0 Å². The number of alkyl halides is 3. The molecule has 0 aliphatic carbocycles. The predicted molar refractivity (Wildman–Crippen MR) is 85.3 cm³/mol. The van der Waals surface area contributed by atoms with Crippen LogP contribution in [0.4, 0.5) is 18.9 Å². The van der Waals surface area contributed by atoms with Crippen LogP contribution in [0.5, 0.6) is 11.5 Å². The Bertz CT molecular complexity index is 877. The minimum absolute atomic E-state index is 0.212. The summed E-state index contributed by atoms with van der Waals surface area (Å²) in [5.74, 6) is 0.662. The fraction of sp³-hybridized carbons (Fsp3) is 0.176. The number of pyridine rings is 2. The first kappa shape index (κ1) is 16.0. The van der Waals surface area contributed by atoms with Crippen LogP contribution < -0.4 is 10.1 Å². The highest BCUT2D eigenvalue weighted by Crippen LogP contribution is 2.34. The molecule has 3 aromatic rings. The highest BCUT2D eigenvalue weighted by molar-refractivity contribution is 5.95. The zero-order valence-corrected chi connectivity index (χ0v) is 13.0. The maximum atomic E-state index is 12.6. The van der Waals surface area contributed by atoms with Gasteiger partial charge in [0.15, 0.2) is 5.75 Å². The Balaban J connectivity index is 1.99. The lowest BCUT2D eigenvalue weighted by atomic mass is 10.1. The number of anilines is 1. The molecule has 124 valence electrons. The molecule has 24 heavy (non-hydrogen) atoms. The Labute approximate surface area is 136 Å². The summed E-state index contributed by atoms with van der Waals surface area (Å²) < 4.78 is 43.3. The summed E-state index contributed by atoms with van der Waals surface area (Å²) in [7, 11) is 1.80. The molecule has 0 saturated carbocycles. The first-order valence-corrected chi connectivity index (χ1v) is 7.16. The van der Waals surface area contributed by atoms with Gasteiger partial charge in [-0.3, -0.25) is 4.98 Å². The summed E-state index contributed by atoms with van der Waals surface area (Å²) in [6.45, 7) is 1.93. The molecule has 2 heterocycles. The second-order valence-corrected chi connectivity index (χ2v) is 5.25. The Morgan fingerprint density at radius 1 is 1.04 bits per heavy atom. The van der Waals surface area contributed by atoms with Gasteiger partial charge in [0.1, 0.15) is 17.0 Å². The summed E-state index contributed by atoms with van der Waals surface area (Å²) in [5, 5.41) is 3.95. The monoisotopic (exact) mass is 333 g/mol. The molecular formula is C17H14F3N3O. The van der Waals surface area contributed by atoms with Crippen LogP contribution in [0.1, 0.15) is 11.3 Å². The van der Waals surface area contributed by atoms with Gasteiger partial charge in [0.05, 0.1) is 6.20 Å². The van der Waals surface area contributed by atoms with E-state index in [9.17, 15) is 13.2 Å². The molecule has 0 aliphatic heterocycles. The van der Waals surface area contributed by atoms with Crippen molar-refractivity contribution in [3.05, 3.63) is 54.0 Å². The number of halogens is 3. The second kappa shape index (κ2) is 5.99. The number of aromatic nitrogens is 2. The highest BCUT2D eigenvalue weighted by Gasteiger charge is 2.32. The van der Waals surface area contributed by atoms with Crippen molar-refractivity contribution in [2.75, 3.05) is 12.4 Å². The molecule has 0 radical (unpaired) electrons. The Morgan fingerprint density at radius 3 is 2.46 bits per heavy atom. The van der Waals surface area contributed by atoms with Gasteiger partial charge in [-0.25, -0.2) is 4.98 Å². The molecule has 7 heteroatoms. The van der Waals surface area contributed by atoms with Gasteiger partial charge in [0.25, 0.3) is 0 Å². The summed E-state index contributed by atoms with van der Waals surface area (Å²) in [5.41, 5.74) is 1.54. The van der Waals surface area contributed by atoms with Crippen LogP contribution in [-0.2, 0) is 6.18 Å². The fourth-order valence-corrected chi connectivity index (χ4v) is 2.33. The Hall–Kier alpha value is -2.83. The summed E-state index contributed by atoms with van der Waals surface area (Å²) in [6.07, 6.45) is -1.72. The van der Waals surface area contributed by atoms with Gasteiger partial charge in [-0.05, 0) is 42.8 Å². The van der Waals surface area contributed by atoms with Gasteiger partial charge in [-0.1, -0.05) is 0 Å². The van der Waals surface area contributed by atoms with E-state index in [1.807, 2.05) is 19.1 Å². The number of hydrogen-bond donors (Lipinski definition) is 1. The summed E-state index contributed by atoms with van der Waals surface area (Å²) >= 11 is 0. The normalized spacial score (nSPS) is 11.5. The number of nitrogens with zero attached hydrogens (tertiary/aromatic N) is 2. The van der Waals surface area contributed by atoms with Crippen LogP contribution >= 0.6 is 0 Å². The van der Waals surface area contributed by atoms with Crippen LogP contribution in [0.25, 0.3) is 10.9 Å². The SMILES string of the molecule is CNc1ccc(Oc2ccc(C(F)(F)F)nc2)c2ncc(C)cc12. The molecule has 0 aliphatic rings. The van der Waals surface area contributed by atoms with Crippen molar-refractivity contribution in [1.29, 1.82) is 0 Å². The molecule has 0 spiro atoms. The van der Waals surface area contributed by atoms with E-state index in [1.165, 1.54) is 6.07 Å². The summed E-state index contributed by atoms with van der Waals surface area (Å²) in [4.78, 5) is 7.77. The van der Waals surface area contributed by atoms with Crippen LogP contribution in [0, 0.1) is 6.92 Å². The number of nitrogens with one attached hydrogen (secondary N) is 1. The lowest BCUT2D eigenvalue weighted by Gasteiger charge is -2.12. The molecule has 4 nitrogen and oxygen atoms in total. The number of hydrogen-bond acceptors (Lipinski definition) is 4. The van der Waals surface area contributed by atoms with E-state index in [0.717, 1.165) is 28.9 Å². The van der Waals surface area contributed by atoms with Crippen molar-refractivity contribution in [2.24, 2.45) is 0 Å². The molecule has 3 rings (SSSR count). The lowest BCUT2D eigenvalue weighted by molar-refractivity contribution is -0.141. The van der Waals surface area contributed by atoms with Crippen LogP contribution in [0.3, 0.4) is 0 Å². The molecule has 0 amide bonds. The standard InChI is InChI=1S/C17H14F3N3O/c1-10-7-12-13(21-2)4-5-14(16(12)23-8-10)24-11-3-6-15(22-9-11)17(18,19)20/h3-9,21H,1-2H3. The molecule has 0 bridgehead atoms. The van der Waals surface area contributed by atoms with E-state index < -0.39 is 11.9 Å². The molecule has 1 N–H and O–H groups in total. The quantitative estimate of drug-likeness (QED) is 0.748. The van der Waals surface area contributed by atoms with E-state index in [-0.39, 0.29) is 5.75 Å². The topological polar surface area (TPSA) is 47.0 Å². The van der Waals surface area contributed by atoms with Gasteiger partial charge in [-0.15, -0.1) is 0 Å². The predicted octanol–water partition coefficient (Wildman–Crippen LogP) is 4.79. The molecule has 0 unspecified atom stereocenters. The maximum absolute atomic E-state index is 12.6. The molecular weight excluding hydrogens is 319 g/mol. The third-order valence-corrected chi connectivity index (χ3v) is 3.47. The minimum atomic E-state index is -4.47. The zero-order chi connectivity index (χ0) is 17.3. The van der Waals surface area contributed by atoms with Gasteiger partial charge in [-0.2, -0.15) is 13.2 Å². The first-order chi connectivity index (χ1) is 11.4. The molecule has 0 fully saturated rings. The smallest absolute Gasteiger partial charge is 0.433 e. The first-order valence-electron chi connectivity index (χ1n) is 7.16. The highest BCUT2D eigenvalue weighted by atomic mass is 19.4. The Kier molecular flexibility index (Phi) is 4.01. The van der Waals surface area contributed by atoms with E-state index in [4.69, 9.17) is 4.74 Å². The van der Waals surface area contributed by atoms with Crippen molar-refractivity contribution in [2.45, 2.75) is 13.1 Å². The van der Waals surface area contributed by atoms with E-state index in [2.05, 4.69) is 15.3 Å². The Morgan fingerprint density at radius 2 is 1.83 bits per heavy atom. The van der Waals surface area contributed by atoms with Crippen LogP contribution in [0.15, 0.2) is 42.7 Å². The van der Waals surface area contributed by atoms with Crippen molar-refractivity contribution in [3.63, 3.8) is 0 Å². The average Bonchev–Trinajstić information content (AvgIpc) is 2.54. The van der Waals surface area contributed by atoms with E-state index >= 15 is 0 Å². The second-order valence-electron chi connectivity index (χ2n) is 5.25. The average molecular weight is 333 g/mol. The maximum Gasteiger partial charge on any atom is 0.433 e. The third kappa shape index (κ3) is 3.10. The number of rotatable bonds is 3. The fourth-order valence-electron chi connectivity index (χ4n) is 2.33. The van der Waals surface area contributed by atoms with E-state index in [0.29, 0.717) is 11.3 Å². The van der Waals surface area contributed by atoms with Crippen LogP contribution in [-0.4, -0.2) is 17.0 Å².